The summed E-state index contributed by atoms with van der Waals surface area (Å²) in [5.74, 6) is 1.34. The van der Waals surface area contributed by atoms with Crippen LogP contribution in [0.3, 0.4) is 0 Å². The Kier molecular flexibility index (Phi) is 5.31. The van der Waals surface area contributed by atoms with Gasteiger partial charge in [-0.15, -0.1) is 0 Å². The first-order chi connectivity index (χ1) is 11.7. The smallest absolute Gasteiger partial charge is 0.262 e. The highest BCUT2D eigenvalue weighted by Gasteiger charge is 2.14. The summed E-state index contributed by atoms with van der Waals surface area (Å²) in [5, 5.41) is 6.21. The van der Waals surface area contributed by atoms with Gasteiger partial charge in [0, 0.05) is 6.04 Å². The van der Waals surface area contributed by atoms with Gasteiger partial charge in [0.2, 0.25) is 0 Å². The van der Waals surface area contributed by atoms with E-state index in [2.05, 4.69) is 15.6 Å². The number of aromatic nitrogens is 1. The minimum Gasteiger partial charge on any atom is -0.484 e. The molecule has 1 aliphatic rings. The van der Waals surface area contributed by atoms with Gasteiger partial charge in [-0.05, 0) is 44.0 Å². The van der Waals surface area contributed by atoms with Gasteiger partial charge in [-0.2, -0.15) is 0 Å². The van der Waals surface area contributed by atoms with Crippen molar-refractivity contribution >= 4 is 17.4 Å². The molecule has 0 saturated heterocycles. The highest BCUT2D eigenvalue weighted by molar-refractivity contribution is 5.91. The largest absolute Gasteiger partial charge is 0.484 e. The molecule has 0 atom stereocenters. The molecule has 0 radical (unpaired) electrons. The van der Waals surface area contributed by atoms with Crippen LogP contribution in [0.15, 0.2) is 42.6 Å². The number of nitrogens with one attached hydrogen (secondary N) is 2. The fourth-order valence-corrected chi connectivity index (χ4v) is 2.81. The Balaban J connectivity index is 1.46. The normalized spacial score (nSPS) is 14.4. The Morgan fingerprint density at radius 3 is 2.58 bits per heavy atom. The molecule has 0 unspecified atom stereocenters. The molecule has 1 heterocycles. The Morgan fingerprint density at radius 1 is 1.17 bits per heavy atom. The van der Waals surface area contributed by atoms with Gasteiger partial charge in [0.25, 0.3) is 5.91 Å². The van der Waals surface area contributed by atoms with Crippen molar-refractivity contribution in [1.82, 2.24) is 4.98 Å². The van der Waals surface area contributed by atoms with E-state index >= 15 is 0 Å². The van der Waals surface area contributed by atoms with E-state index in [1.54, 1.807) is 6.20 Å². The summed E-state index contributed by atoms with van der Waals surface area (Å²) in [6, 6.07) is 11.9. The van der Waals surface area contributed by atoms with Crippen LogP contribution in [0, 0.1) is 6.92 Å². The van der Waals surface area contributed by atoms with Crippen LogP contribution in [0.2, 0.25) is 0 Å². The van der Waals surface area contributed by atoms with Gasteiger partial charge in [-0.3, -0.25) is 4.79 Å². The van der Waals surface area contributed by atoms with Crippen molar-refractivity contribution in [1.29, 1.82) is 0 Å². The van der Waals surface area contributed by atoms with Gasteiger partial charge in [-0.1, -0.05) is 30.5 Å². The maximum atomic E-state index is 11.9. The van der Waals surface area contributed by atoms with E-state index in [4.69, 9.17) is 4.74 Å². The summed E-state index contributed by atoms with van der Waals surface area (Å²) >= 11 is 0. The van der Waals surface area contributed by atoms with Gasteiger partial charge in [0.05, 0.1) is 11.9 Å². The van der Waals surface area contributed by atoms with Gasteiger partial charge in [0.1, 0.15) is 11.6 Å². The highest BCUT2D eigenvalue weighted by atomic mass is 16.5. The maximum absolute atomic E-state index is 11.9. The molecule has 5 heteroatoms. The van der Waals surface area contributed by atoms with Crippen molar-refractivity contribution in [2.45, 2.75) is 38.6 Å². The van der Waals surface area contributed by atoms with Gasteiger partial charge >= 0.3 is 0 Å². The fourth-order valence-electron chi connectivity index (χ4n) is 2.81. The molecule has 2 N–H and O–H groups in total. The third-order valence-corrected chi connectivity index (χ3v) is 4.15. The van der Waals surface area contributed by atoms with Gasteiger partial charge < -0.3 is 15.4 Å². The third kappa shape index (κ3) is 4.72. The molecule has 1 aromatic carbocycles. The minimum absolute atomic E-state index is 0.0227. The monoisotopic (exact) mass is 325 g/mol. The quantitative estimate of drug-likeness (QED) is 0.849. The average Bonchev–Trinajstić information content (AvgIpc) is 3.09. The zero-order chi connectivity index (χ0) is 16.8. The van der Waals surface area contributed by atoms with Crippen LogP contribution in [-0.2, 0) is 4.79 Å². The number of aryl methyl sites for hydroxylation is 1. The number of hydrogen-bond acceptors (Lipinski definition) is 4. The fraction of sp³-hybridized carbons (Fsp3) is 0.368. The van der Waals surface area contributed by atoms with Crippen LogP contribution >= 0.6 is 0 Å². The molecule has 24 heavy (non-hydrogen) atoms. The molecular formula is C19H23N3O2. The van der Waals surface area contributed by atoms with Crippen LogP contribution in [0.5, 0.6) is 5.75 Å². The van der Waals surface area contributed by atoms with Crippen LogP contribution < -0.4 is 15.4 Å². The molecule has 0 spiro atoms. The van der Waals surface area contributed by atoms with Crippen molar-refractivity contribution in [2.75, 3.05) is 17.2 Å². The molecule has 1 fully saturated rings. The van der Waals surface area contributed by atoms with E-state index in [0.717, 1.165) is 11.4 Å². The number of pyridine rings is 1. The summed E-state index contributed by atoms with van der Waals surface area (Å²) in [4.78, 5) is 16.3. The average molecular weight is 325 g/mol. The molecule has 1 saturated carbocycles. The van der Waals surface area contributed by atoms with Crippen molar-refractivity contribution in [2.24, 2.45) is 0 Å². The Morgan fingerprint density at radius 2 is 1.92 bits per heavy atom. The number of ether oxygens (including phenoxy) is 1. The summed E-state index contributed by atoms with van der Waals surface area (Å²) in [6.45, 7) is 1.99. The maximum Gasteiger partial charge on any atom is 0.262 e. The van der Waals surface area contributed by atoms with E-state index < -0.39 is 0 Å². The van der Waals surface area contributed by atoms with Crippen LogP contribution in [0.25, 0.3) is 0 Å². The van der Waals surface area contributed by atoms with Crippen molar-refractivity contribution < 1.29 is 9.53 Å². The number of benzene rings is 1. The molecule has 0 bridgehead atoms. The lowest BCUT2D eigenvalue weighted by molar-refractivity contribution is -0.118. The second-order valence-electron chi connectivity index (χ2n) is 6.21. The Labute approximate surface area is 142 Å². The number of anilines is 2. The van der Waals surface area contributed by atoms with Crippen LogP contribution in [0.1, 0.15) is 31.2 Å². The first kappa shape index (κ1) is 16.3. The second-order valence-corrected chi connectivity index (χ2v) is 6.21. The number of carbonyl (C=O) groups is 1. The predicted molar refractivity (Wildman–Crippen MR) is 95.4 cm³/mol. The van der Waals surface area contributed by atoms with Crippen LogP contribution in [0.4, 0.5) is 11.5 Å². The second kappa shape index (κ2) is 7.81. The van der Waals surface area contributed by atoms with Crippen LogP contribution in [-0.4, -0.2) is 23.5 Å². The Hall–Kier alpha value is -2.56. The summed E-state index contributed by atoms with van der Waals surface area (Å²) in [6.07, 6.45) is 6.65. The van der Waals surface area contributed by atoms with Crippen molar-refractivity contribution in [3.63, 3.8) is 0 Å². The van der Waals surface area contributed by atoms with E-state index in [1.165, 1.54) is 25.7 Å². The van der Waals surface area contributed by atoms with Gasteiger partial charge in [-0.25, -0.2) is 4.98 Å². The third-order valence-electron chi connectivity index (χ3n) is 4.15. The zero-order valence-electron chi connectivity index (χ0n) is 13.9. The lowest BCUT2D eigenvalue weighted by atomic mass is 10.2. The first-order valence-corrected chi connectivity index (χ1v) is 8.41. The molecule has 0 aliphatic heterocycles. The molecule has 1 amide bonds. The number of carbonyl (C=O) groups excluding carboxylic acids is 1. The van der Waals surface area contributed by atoms with E-state index in [9.17, 15) is 4.79 Å². The molecule has 2 aromatic rings. The first-order valence-electron chi connectivity index (χ1n) is 8.41. The van der Waals surface area contributed by atoms with Gasteiger partial charge in [0.15, 0.2) is 6.61 Å². The number of amides is 1. The molecule has 126 valence electrons. The number of rotatable bonds is 6. The molecule has 3 rings (SSSR count). The minimum atomic E-state index is -0.200. The highest BCUT2D eigenvalue weighted by Crippen LogP contribution is 2.21. The van der Waals surface area contributed by atoms with E-state index in [1.807, 2.05) is 43.3 Å². The molecule has 1 aliphatic carbocycles. The molecular weight excluding hydrogens is 302 g/mol. The SMILES string of the molecule is Cc1ccc(OCC(=O)Nc2ccc(NC3CCCC3)nc2)cc1. The van der Waals surface area contributed by atoms with Crippen molar-refractivity contribution in [3.8, 4) is 5.75 Å². The van der Waals surface area contributed by atoms with E-state index in [-0.39, 0.29) is 12.5 Å². The Bertz CT molecular complexity index is 662. The summed E-state index contributed by atoms with van der Waals surface area (Å²) in [5.41, 5.74) is 1.83. The van der Waals surface area contributed by atoms with E-state index in [0.29, 0.717) is 17.5 Å². The summed E-state index contributed by atoms with van der Waals surface area (Å²) in [7, 11) is 0. The number of nitrogens with zero attached hydrogens (tertiary/aromatic N) is 1. The number of hydrogen-bond donors (Lipinski definition) is 2. The lowest BCUT2D eigenvalue weighted by Crippen LogP contribution is -2.20. The predicted octanol–water partition coefficient (Wildman–Crippen LogP) is 3.76. The lowest BCUT2D eigenvalue weighted by Gasteiger charge is -2.13. The topological polar surface area (TPSA) is 63.2 Å². The summed E-state index contributed by atoms with van der Waals surface area (Å²) < 4.78 is 5.46. The standard InChI is InChI=1S/C19H23N3O2/c1-14-6-9-17(10-7-14)24-13-19(23)22-16-8-11-18(20-12-16)21-15-4-2-3-5-15/h6-12,15H,2-5,13H2,1H3,(H,20,21)(H,22,23). The molecule has 1 aromatic heterocycles. The molecule has 5 nitrogen and oxygen atoms in total. The zero-order valence-corrected chi connectivity index (χ0v) is 13.9. The van der Waals surface area contributed by atoms with Crippen molar-refractivity contribution in [3.05, 3.63) is 48.2 Å².